The summed E-state index contributed by atoms with van der Waals surface area (Å²) in [6.07, 6.45) is 1.59. The van der Waals surface area contributed by atoms with E-state index in [0.717, 1.165) is 56.8 Å². The van der Waals surface area contributed by atoms with Crippen LogP contribution in [-0.2, 0) is 12.8 Å². The maximum absolute atomic E-state index is 5.45. The predicted molar refractivity (Wildman–Crippen MR) is 107 cm³/mol. The molecule has 0 saturated heterocycles. The smallest absolute Gasteiger partial charge is 0.231 e. The Morgan fingerprint density at radius 2 is 1.85 bits per heavy atom. The molecule has 0 saturated carbocycles. The number of ether oxygens (including phenoxy) is 2. The minimum Gasteiger partial charge on any atom is -0.454 e. The highest BCUT2D eigenvalue weighted by Gasteiger charge is 2.20. The van der Waals surface area contributed by atoms with Gasteiger partial charge >= 0.3 is 0 Å². The molecule has 8 heteroatoms. The lowest BCUT2D eigenvalue weighted by Gasteiger charge is -2.14. The van der Waals surface area contributed by atoms with Crippen molar-refractivity contribution in [3.63, 3.8) is 0 Å². The third kappa shape index (κ3) is 3.35. The molecule has 3 aromatic rings. The number of halogens is 1. The summed E-state index contributed by atoms with van der Waals surface area (Å²) in [5.74, 6) is 3.27. The Morgan fingerprint density at radius 3 is 2.74 bits per heavy atom. The summed E-state index contributed by atoms with van der Waals surface area (Å²) < 4.78 is 13.8. The molecule has 0 fully saturated rings. The topological polar surface area (TPSA) is 61.5 Å². The molecule has 136 valence electrons. The summed E-state index contributed by atoms with van der Waals surface area (Å²) >= 11 is 5.14. The molecule has 3 heterocycles. The molecule has 2 aliphatic rings. The number of hydrogen-bond donors (Lipinski definition) is 0. The normalized spacial score (nSPS) is 14.8. The second-order valence-electron chi connectivity index (χ2n) is 6.24. The molecule has 0 radical (unpaired) electrons. The summed E-state index contributed by atoms with van der Waals surface area (Å²) in [7, 11) is 0. The number of nitrogens with zero attached hydrogens (tertiary/aromatic N) is 4. The van der Waals surface area contributed by atoms with Gasteiger partial charge < -0.3 is 9.47 Å². The first-order valence-corrected chi connectivity index (χ1v) is 10.3. The van der Waals surface area contributed by atoms with Crippen LogP contribution in [0.15, 0.2) is 57.2 Å². The maximum Gasteiger partial charge on any atom is 0.231 e. The third-order valence-electron chi connectivity index (χ3n) is 4.49. The summed E-state index contributed by atoms with van der Waals surface area (Å²) in [5, 5.41) is 14.3. The molecule has 0 N–H and O–H groups in total. The van der Waals surface area contributed by atoms with Crippen molar-refractivity contribution in [1.82, 2.24) is 14.9 Å². The van der Waals surface area contributed by atoms with Gasteiger partial charge in [-0.15, -0.1) is 10.2 Å². The zero-order valence-corrected chi connectivity index (χ0v) is 16.7. The van der Waals surface area contributed by atoms with Gasteiger partial charge in [-0.1, -0.05) is 45.9 Å². The van der Waals surface area contributed by atoms with Gasteiger partial charge in [0.2, 0.25) is 11.9 Å². The average Bonchev–Trinajstić information content (AvgIpc) is 3.33. The van der Waals surface area contributed by atoms with Crippen molar-refractivity contribution < 1.29 is 9.47 Å². The van der Waals surface area contributed by atoms with Crippen molar-refractivity contribution in [2.45, 2.75) is 18.0 Å². The minimum atomic E-state index is 0.293. The Hall–Kier alpha value is -2.32. The highest BCUT2D eigenvalue weighted by atomic mass is 79.9. The predicted octanol–water partition coefficient (Wildman–Crippen LogP) is 3.91. The maximum atomic E-state index is 5.45. The van der Waals surface area contributed by atoms with Crippen molar-refractivity contribution in [3.05, 3.63) is 63.9 Å². The minimum absolute atomic E-state index is 0.293. The van der Waals surface area contributed by atoms with Crippen molar-refractivity contribution in [3.8, 4) is 11.5 Å². The SMILES string of the molecule is Brc1ccc(C2=Nn3c(CCc4ccc5c(c4)OCO5)nnc3SC2)cc1. The number of rotatable bonds is 4. The lowest BCUT2D eigenvalue weighted by molar-refractivity contribution is 0.174. The van der Waals surface area contributed by atoms with E-state index in [1.54, 1.807) is 11.8 Å². The van der Waals surface area contributed by atoms with Gasteiger partial charge in [0.1, 0.15) is 0 Å². The van der Waals surface area contributed by atoms with Crippen LogP contribution in [0.1, 0.15) is 17.0 Å². The fourth-order valence-corrected chi connectivity index (χ4v) is 4.18. The van der Waals surface area contributed by atoms with Crippen molar-refractivity contribution in [2.24, 2.45) is 5.10 Å². The standard InChI is InChI=1S/C19H15BrN4O2S/c20-14-5-3-13(4-6-14)15-10-27-19-22-21-18(24(19)23-15)8-2-12-1-7-16-17(9-12)26-11-25-16/h1,3-7,9H,2,8,10-11H2. The summed E-state index contributed by atoms with van der Waals surface area (Å²) in [6.45, 7) is 0.293. The molecular formula is C19H15BrN4O2S. The number of thioether (sulfide) groups is 1. The van der Waals surface area contributed by atoms with Crippen LogP contribution in [0.3, 0.4) is 0 Å². The molecule has 5 rings (SSSR count). The van der Waals surface area contributed by atoms with Gasteiger partial charge in [-0.25, -0.2) is 0 Å². The van der Waals surface area contributed by atoms with Gasteiger partial charge in [0.15, 0.2) is 17.3 Å². The first-order valence-electron chi connectivity index (χ1n) is 8.56. The molecule has 27 heavy (non-hydrogen) atoms. The third-order valence-corrected chi connectivity index (χ3v) is 5.95. The summed E-state index contributed by atoms with van der Waals surface area (Å²) in [4.78, 5) is 0. The van der Waals surface area contributed by atoms with E-state index in [9.17, 15) is 0 Å². The number of aromatic nitrogens is 3. The highest BCUT2D eigenvalue weighted by Crippen LogP contribution is 2.33. The molecule has 0 unspecified atom stereocenters. The molecule has 2 aromatic carbocycles. The second kappa shape index (κ2) is 7.01. The van der Waals surface area contributed by atoms with Gasteiger partial charge in [0.25, 0.3) is 0 Å². The molecule has 0 spiro atoms. The molecule has 0 bridgehead atoms. The van der Waals surface area contributed by atoms with Crippen molar-refractivity contribution >= 4 is 33.4 Å². The molecule has 2 aliphatic heterocycles. The Labute approximate surface area is 168 Å². The summed E-state index contributed by atoms with van der Waals surface area (Å²) in [6, 6.07) is 14.3. The Kier molecular flexibility index (Phi) is 4.37. The molecular weight excluding hydrogens is 428 g/mol. The quantitative estimate of drug-likeness (QED) is 0.612. The Balaban J connectivity index is 1.37. The Morgan fingerprint density at radius 1 is 1.00 bits per heavy atom. The van der Waals surface area contributed by atoms with E-state index in [1.807, 2.05) is 28.9 Å². The van der Waals surface area contributed by atoms with E-state index >= 15 is 0 Å². The Bertz CT molecular complexity index is 1030. The monoisotopic (exact) mass is 442 g/mol. The van der Waals surface area contributed by atoms with Crippen LogP contribution in [0, 0.1) is 0 Å². The zero-order valence-electron chi connectivity index (χ0n) is 14.3. The van der Waals surface area contributed by atoms with Gasteiger partial charge in [-0.3, -0.25) is 0 Å². The van der Waals surface area contributed by atoms with Crippen molar-refractivity contribution in [2.75, 3.05) is 12.5 Å². The van der Waals surface area contributed by atoms with Crippen LogP contribution in [-0.4, -0.2) is 33.1 Å². The molecule has 6 nitrogen and oxygen atoms in total. The molecule has 0 aliphatic carbocycles. The number of hydrogen-bond acceptors (Lipinski definition) is 6. The van der Waals surface area contributed by atoms with Crippen LogP contribution >= 0.6 is 27.7 Å². The van der Waals surface area contributed by atoms with E-state index in [4.69, 9.17) is 14.6 Å². The van der Waals surface area contributed by atoms with Crippen LogP contribution in [0.25, 0.3) is 0 Å². The van der Waals surface area contributed by atoms with Crippen LogP contribution in [0.5, 0.6) is 11.5 Å². The van der Waals surface area contributed by atoms with E-state index in [-0.39, 0.29) is 0 Å². The van der Waals surface area contributed by atoms with Crippen molar-refractivity contribution in [1.29, 1.82) is 0 Å². The number of fused-ring (bicyclic) bond motifs is 2. The van der Waals surface area contributed by atoms with Gasteiger partial charge in [0.05, 0.1) is 5.71 Å². The number of aryl methyl sites for hydroxylation is 2. The fourth-order valence-electron chi connectivity index (χ4n) is 3.06. The van der Waals surface area contributed by atoms with Gasteiger partial charge in [-0.2, -0.15) is 9.78 Å². The second-order valence-corrected chi connectivity index (χ2v) is 8.10. The molecule has 0 atom stereocenters. The van der Waals surface area contributed by atoms with Gasteiger partial charge in [-0.05, 0) is 41.8 Å². The van der Waals surface area contributed by atoms with E-state index in [2.05, 4.69) is 44.3 Å². The van der Waals surface area contributed by atoms with E-state index < -0.39 is 0 Å². The fraction of sp³-hybridized carbons (Fsp3) is 0.211. The first kappa shape index (κ1) is 16.8. The lowest BCUT2D eigenvalue weighted by atomic mass is 10.1. The largest absolute Gasteiger partial charge is 0.454 e. The number of benzene rings is 2. The van der Waals surface area contributed by atoms with E-state index in [0.29, 0.717) is 6.79 Å². The van der Waals surface area contributed by atoms with Crippen LogP contribution < -0.4 is 9.47 Å². The average molecular weight is 443 g/mol. The van der Waals surface area contributed by atoms with Crippen LogP contribution in [0.2, 0.25) is 0 Å². The highest BCUT2D eigenvalue weighted by molar-refractivity contribution is 9.10. The first-order chi connectivity index (χ1) is 13.3. The zero-order chi connectivity index (χ0) is 18.2. The lowest BCUT2D eigenvalue weighted by Crippen LogP contribution is -2.14. The van der Waals surface area contributed by atoms with Crippen LogP contribution in [0.4, 0.5) is 0 Å². The van der Waals surface area contributed by atoms with Gasteiger partial charge in [0, 0.05) is 16.6 Å². The van der Waals surface area contributed by atoms with E-state index in [1.165, 1.54) is 5.56 Å². The molecule has 0 amide bonds. The summed E-state index contributed by atoms with van der Waals surface area (Å²) in [5.41, 5.74) is 3.33. The molecule has 1 aromatic heterocycles.